The van der Waals surface area contributed by atoms with Crippen LogP contribution in [-0.2, 0) is 4.79 Å². The number of carbonyl (C=O) groups excluding carboxylic acids is 1. The van der Waals surface area contributed by atoms with Gasteiger partial charge in [0.25, 0.3) is 5.91 Å². The largest absolute Gasteiger partial charge is 0.481 e. The lowest BCUT2D eigenvalue weighted by Crippen LogP contribution is -2.46. The van der Waals surface area contributed by atoms with Crippen molar-refractivity contribution in [3.8, 4) is 5.75 Å². The van der Waals surface area contributed by atoms with Crippen molar-refractivity contribution in [2.45, 2.75) is 37.8 Å². The molecule has 1 saturated heterocycles. The zero-order valence-corrected chi connectivity index (χ0v) is 13.9. The van der Waals surface area contributed by atoms with E-state index in [1.165, 1.54) is 12.8 Å². The maximum absolute atomic E-state index is 12.0. The second-order valence-corrected chi connectivity index (χ2v) is 6.76. The van der Waals surface area contributed by atoms with Gasteiger partial charge in [0, 0.05) is 25.2 Å². The Kier molecular flexibility index (Phi) is 5.11. The van der Waals surface area contributed by atoms with E-state index in [9.17, 15) is 4.79 Å². The molecule has 1 saturated carbocycles. The molecule has 6 heteroatoms. The number of carbonyl (C=O) groups is 1. The summed E-state index contributed by atoms with van der Waals surface area (Å²) in [5.41, 5.74) is 0. The summed E-state index contributed by atoms with van der Waals surface area (Å²) >= 11 is 12.0. The molecule has 2 fully saturated rings. The number of piperidine rings is 1. The standard InChI is InChI=1S/C16H20Cl2N2O2/c17-13-2-1-3-14(18)16(13)22-10-15(21)19-11-6-8-20(9-7-11)12-4-5-12/h1-3,11-12H,4-10H2,(H,19,21). The number of ether oxygens (including phenoxy) is 1. The van der Waals surface area contributed by atoms with Crippen LogP contribution in [0, 0.1) is 0 Å². The normalized spacial score (nSPS) is 19.9. The fourth-order valence-corrected chi connectivity index (χ4v) is 3.38. The third-order valence-electron chi connectivity index (χ3n) is 4.22. The Hall–Kier alpha value is -0.970. The molecule has 3 rings (SSSR count). The number of hydrogen-bond acceptors (Lipinski definition) is 3. The van der Waals surface area contributed by atoms with E-state index in [1.807, 2.05) is 0 Å². The molecule has 1 aromatic rings. The fraction of sp³-hybridized carbons (Fsp3) is 0.562. The van der Waals surface area contributed by atoms with E-state index in [4.69, 9.17) is 27.9 Å². The molecular formula is C16H20Cl2N2O2. The quantitative estimate of drug-likeness (QED) is 0.893. The van der Waals surface area contributed by atoms with Gasteiger partial charge in [-0.15, -0.1) is 0 Å². The molecule has 0 unspecified atom stereocenters. The highest BCUT2D eigenvalue weighted by atomic mass is 35.5. The van der Waals surface area contributed by atoms with Crippen molar-refractivity contribution in [3.63, 3.8) is 0 Å². The number of amides is 1. The smallest absolute Gasteiger partial charge is 0.258 e. The molecule has 1 N–H and O–H groups in total. The van der Waals surface area contributed by atoms with Gasteiger partial charge in [0.2, 0.25) is 0 Å². The molecule has 0 radical (unpaired) electrons. The molecule has 1 amide bonds. The van der Waals surface area contributed by atoms with Gasteiger partial charge >= 0.3 is 0 Å². The second kappa shape index (κ2) is 7.07. The number of benzene rings is 1. The Morgan fingerprint density at radius 1 is 1.18 bits per heavy atom. The van der Waals surface area contributed by atoms with Gasteiger partial charge in [0.05, 0.1) is 10.0 Å². The second-order valence-electron chi connectivity index (χ2n) is 5.95. The molecule has 0 bridgehead atoms. The van der Waals surface area contributed by atoms with Gasteiger partial charge < -0.3 is 15.0 Å². The highest BCUT2D eigenvalue weighted by Gasteiger charge is 2.32. The summed E-state index contributed by atoms with van der Waals surface area (Å²) in [5.74, 6) is 0.241. The average molecular weight is 343 g/mol. The number of halogens is 2. The third-order valence-corrected chi connectivity index (χ3v) is 4.82. The number of nitrogens with one attached hydrogen (secondary N) is 1. The van der Waals surface area contributed by atoms with Crippen LogP contribution in [0.2, 0.25) is 10.0 Å². The van der Waals surface area contributed by atoms with Crippen LogP contribution in [0.25, 0.3) is 0 Å². The molecule has 120 valence electrons. The first-order valence-corrected chi connectivity index (χ1v) is 8.49. The van der Waals surface area contributed by atoms with Crippen LogP contribution in [0.15, 0.2) is 18.2 Å². The highest BCUT2D eigenvalue weighted by molar-refractivity contribution is 6.37. The molecule has 1 aromatic carbocycles. The van der Waals surface area contributed by atoms with Crippen molar-refractivity contribution >= 4 is 29.1 Å². The summed E-state index contributed by atoms with van der Waals surface area (Å²) in [7, 11) is 0. The van der Waals surface area contributed by atoms with E-state index in [-0.39, 0.29) is 18.6 Å². The highest BCUT2D eigenvalue weighted by Crippen LogP contribution is 2.32. The van der Waals surface area contributed by atoms with Crippen molar-refractivity contribution in [2.24, 2.45) is 0 Å². The molecule has 22 heavy (non-hydrogen) atoms. The summed E-state index contributed by atoms with van der Waals surface area (Å²) in [6.45, 7) is 2.09. The molecule has 0 atom stereocenters. The van der Waals surface area contributed by atoms with E-state index in [0.717, 1.165) is 32.0 Å². The summed E-state index contributed by atoms with van der Waals surface area (Å²) in [4.78, 5) is 14.5. The fourth-order valence-electron chi connectivity index (χ4n) is 2.88. The Bertz CT molecular complexity index is 521. The Morgan fingerprint density at radius 2 is 1.82 bits per heavy atom. The maximum atomic E-state index is 12.0. The molecule has 1 heterocycles. The molecule has 0 spiro atoms. The van der Waals surface area contributed by atoms with Gasteiger partial charge in [-0.05, 0) is 37.8 Å². The Labute approximate surface area is 140 Å². The summed E-state index contributed by atoms with van der Waals surface area (Å²) in [5, 5.41) is 3.86. The minimum Gasteiger partial charge on any atom is -0.481 e. The van der Waals surface area contributed by atoms with Gasteiger partial charge in [-0.25, -0.2) is 0 Å². The van der Waals surface area contributed by atoms with Crippen LogP contribution in [0.3, 0.4) is 0 Å². The minimum absolute atomic E-state index is 0.0632. The molecule has 2 aliphatic rings. The summed E-state index contributed by atoms with van der Waals surface area (Å²) < 4.78 is 5.45. The van der Waals surface area contributed by atoms with Crippen LogP contribution >= 0.6 is 23.2 Å². The van der Waals surface area contributed by atoms with Crippen molar-refractivity contribution in [3.05, 3.63) is 28.2 Å². The SMILES string of the molecule is O=C(COc1c(Cl)cccc1Cl)NC1CCN(C2CC2)CC1. The van der Waals surface area contributed by atoms with Gasteiger partial charge in [-0.1, -0.05) is 29.3 Å². The number of para-hydroxylation sites is 1. The van der Waals surface area contributed by atoms with Gasteiger partial charge in [0.15, 0.2) is 12.4 Å². The zero-order valence-electron chi connectivity index (χ0n) is 12.4. The predicted molar refractivity (Wildman–Crippen MR) is 87.7 cm³/mol. The molecule has 1 aliphatic heterocycles. The number of likely N-dealkylation sites (tertiary alicyclic amines) is 1. The first-order chi connectivity index (χ1) is 10.6. The van der Waals surface area contributed by atoms with Crippen molar-refractivity contribution < 1.29 is 9.53 Å². The van der Waals surface area contributed by atoms with Crippen LogP contribution in [-0.4, -0.2) is 42.6 Å². The van der Waals surface area contributed by atoms with Crippen molar-refractivity contribution in [1.82, 2.24) is 10.2 Å². The average Bonchev–Trinajstić information content (AvgIpc) is 3.32. The lowest BCUT2D eigenvalue weighted by atomic mass is 10.0. The third kappa shape index (κ3) is 4.06. The van der Waals surface area contributed by atoms with Crippen molar-refractivity contribution in [2.75, 3.05) is 19.7 Å². The van der Waals surface area contributed by atoms with E-state index in [2.05, 4.69) is 10.2 Å². The van der Waals surface area contributed by atoms with Gasteiger partial charge in [0.1, 0.15) is 0 Å². The molecule has 1 aliphatic carbocycles. The topological polar surface area (TPSA) is 41.6 Å². The first-order valence-electron chi connectivity index (χ1n) is 7.73. The lowest BCUT2D eigenvalue weighted by Gasteiger charge is -2.32. The predicted octanol–water partition coefficient (Wildman–Crippen LogP) is 3.12. The number of rotatable bonds is 5. The lowest BCUT2D eigenvalue weighted by molar-refractivity contribution is -0.124. The van der Waals surface area contributed by atoms with Crippen LogP contribution < -0.4 is 10.1 Å². The number of hydrogen-bond donors (Lipinski definition) is 1. The zero-order chi connectivity index (χ0) is 15.5. The van der Waals surface area contributed by atoms with E-state index < -0.39 is 0 Å². The molecule has 4 nitrogen and oxygen atoms in total. The van der Waals surface area contributed by atoms with Crippen LogP contribution in [0.4, 0.5) is 0 Å². The first kappa shape index (κ1) is 15.9. The summed E-state index contributed by atoms with van der Waals surface area (Å²) in [6, 6.07) is 6.17. The van der Waals surface area contributed by atoms with Gasteiger partial charge in [-0.2, -0.15) is 0 Å². The Balaban J connectivity index is 1.43. The Morgan fingerprint density at radius 3 is 2.41 bits per heavy atom. The van der Waals surface area contributed by atoms with Crippen molar-refractivity contribution in [1.29, 1.82) is 0 Å². The summed E-state index contributed by atoms with van der Waals surface area (Å²) in [6.07, 6.45) is 4.69. The van der Waals surface area contributed by atoms with Crippen LogP contribution in [0.1, 0.15) is 25.7 Å². The van der Waals surface area contributed by atoms with Crippen LogP contribution in [0.5, 0.6) is 5.75 Å². The number of nitrogens with zero attached hydrogens (tertiary/aromatic N) is 1. The van der Waals surface area contributed by atoms with Gasteiger partial charge in [-0.3, -0.25) is 4.79 Å². The monoisotopic (exact) mass is 342 g/mol. The molecule has 0 aromatic heterocycles. The van der Waals surface area contributed by atoms with E-state index in [1.54, 1.807) is 18.2 Å². The van der Waals surface area contributed by atoms with E-state index >= 15 is 0 Å². The molecular weight excluding hydrogens is 323 g/mol. The van der Waals surface area contributed by atoms with E-state index in [0.29, 0.717) is 15.8 Å². The minimum atomic E-state index is -0.124. The maximum Gasteiger partial charge on any atom is 0.258 e.